The van der Waals surface area contributed by atoms with E-state index in [2.05, 4.69) is 241 Å². The van der Waals surface area contributed by atoms with E-state index in [1.807, 2.05) is 0 Å². The highest BCUT2D eigenvalue weighted by Crippen LogP contribution is 2.53. The van der Waals surface area contributed by atoms with Crippen molar-refractivity contribution in [2.75, 3.05) is 0 Å². The molecule has 0 bridgehead atoms. The first kappa shape index (κ1) is 34.8. The lowest BCUT2D eigenvalue weighted by molar-refractivity contribution is 0.666. The minimum absolute atomic E-state index is 0.133. The van der Waals surface area contributed by atoms with Gasteiger partial charge in [-0.25, -0.2) is 0 Å². The second-order valence-electron chi connectivity index (χ2n) is 16.9. The lowest BCUT2D eigenvalue weighted by atomic mass is 9.80. The summed E-state index contributed by atoms with van der Waals surface area (Å²) < 4.78 is 4.98. The summed E-state index contributed by atoms with van der Waals surface area (Å²) in [6.45, 7) is 4.80. The van der Waals surface area contributed by atoms with Crippen LogP contribution >= 0.6 is 0 Å². The van der Waals surface area contributed by atoms with E-state index in [1.165, 1.54) is 98.0 Å². The van der Waals surface area contributed by atoms with E-state index in [9.17, 15) is 0 Å². The summed E-state index contributed by atoms with van der Waals surface area (Å²) in [4.78, 5) is 0. The molecule has 284 valence electrons. The summed E-state index contributed by atoms with van der Waals surface area (Å²) in [6, 6.07) is 81.9. The molecule has 11 aromatic rings. The standard InChI is InChI=1S/C57H42N2Si/c1-57(2)50-30-15-12-27-45(50)48-35-36-53-55(56(48)57)49-29-14-17-32-52(49)59(53)40-21-18-26-43(37-40)60(41-22-8-4-9-23-41,42-24-10-5-11-25-42)44-33-34-47-46-28-13-16-31-51(46)58(54(47)38-44)39-19-6-3-7-20-39/h3-38H,1-2H3. The molecule has 0 spiro atoms. The number of nitrogens with zero attached hydrogens (tertiary/aromatic N) is 2. The molecule has 12 rings (SSSR count). The number of para-hydroxylation sites is 3. The van der Waals surface area contributed by atoms with Gasteiger partial charge in [0.1, 0.15) is 0 Å². The second-order valence-corrected chi connectivity index (χ2v) is 20.7. The molecule has 0 aliphatic heterocycles. The van der Waals surface area contributed by atoms with Gasteiger partial charge in [-0.3, -0.25) is 0 Å². The highest BCUT2D eigenvalue weighted by atomic mass is 28.3. The van der Waals surface area contributed by atoms with Crippen molar-refractivity contribution >= 4 is 72.4 Å². The van der Waals surface area contributed by atoms with Gasteiger partial charge in [0.15, 0.2) is 8.07 Å². The van der Waals surface area contributed by atoms with Gasteiger partial charge in [0.25, 0.3) is 0 Å². The van der Waals surface area contributed by atoms with Crippen molar-refractivity contribution in [2.24, 2.45) is 0 Å². The number of hydrogen-bond donors (Lipinski definition) is 0. The number of aromatic nitrogens is 2. The SMILES string of the molecule is CC1(C)c2ccccc2-c2ccc3c(c21)c1ccccc1n3-c1cccc([Si](c2ccccc2)(c2ccccc2)c2ccc3c4ccccc4n(-c4ccccc4)c3c2)c1. The molecule has 3 heteroatoms. The highest BCUT2D eigenvalue weighted by Gasteiger charge is 2.43. The van der Waals surface area contributed by atoms with Gasteiger partial charge in [-0.05, 0) is 91.5 Å². The van der Waals surface area contributed by atoms with Crippen LogP contribution in [0.4, 0.5) is 0 Å². The van der Waals surface area contributed by atoms with Crippen molar-refractivity contribution in [3.63, 3.8) is 0 Å². The van der Waals surface area contributed by atoms with Crippen molar-refractivity contribution in [2.45, 2.75) is 19.3 Å². The summed E-state index contributed by atoms with van der Waals surface area (Å²) >= 11 is 0. The fourth-order valence-electron chi connectivity index (χ4n) is 10.9. The molecule has 0 radical (unpaired) electrons. The van der Waals surface area contributed by atoms with Crippen LogP contribution in [0.5, 0.6) is 0 Å². The third-order valence-corrected chi connectivity index (χ3v) is 18.2. The maximum atomic E-state index is 2.53. The maximum Gasteiger partial charge on any atom is 0.179 e. The van der Waals surface area contributed by atoms with Crippen LogP contribution in [0.1, 0.15) is 25.0 Å². The van der Waals surface area contributed by atoms with Crippen LogP contribution in [0.2, 0.25) is 0 Å². The van der Waals surface area contributed by atoms with E-state index >= 15 is 0 Å². The fraction of sp³-hybridized carbons (Fsp3) is 0.0526. The predicted molar refractivity (Wildman–Crippen MR) is 256 cm³/mol. The summed E-state index contributed by atoms with van der Waals surface area (Å²) in [7, 11) is -2.98. The van der Waals surface area contributed by atoms with E-state index in [0.717, 1.165) is 0 Å². The predicted octanol–water partition coefficient (Wildman–Crippen LogP) is 11.6. The zero-order chi connectivity index (χ0) is 40.0. The minimum Gasteiger partial charge on any atom is -0.309 e. The molecule has 1 aliphatic carbocycles. The van der Waals surface area contributed by atoms with Gasteiger partial charge < -0.3 is 9.13 Å². The van der Waals surface area contributed by atoms with Crippen LogP contribution < -0.4 is 20.7 Å². The maximum absolute atomic E-state index is 2.98. The first-order valence-electron chi connectivity index (χ1n) is 21.0. The zero-order valence-electron chi connectivity index (χ0n) is 33.7. The molecule has 2 heterocycles. The molecule has 0 atom stereocenters. The average Bonchev–Trinajstić information content (AvgIpc) is 3.90. The topological polar surface area (TPSA) is 9.86 Å². The van der Waals surface area contributed by atoms with Crippen LogP contribution in [0.15, 0.2) is 218 Å². The molecule has 9 aromatic carbocycles. The second kappa shape index (κ2) is 13.2. The van der Waals surface area contributed by atoms with Gasteiger partial charge >= 0.3 is 0 Å². The molecule has 1 aliphatic rings. The van der Waals surface area contributed by atoms with E-state index in [0.29, 0.717) is 0 Å². The normalized spacial score (nSPS) is 13.3. The third-order valence-electron chi connectivity index (χ3n) is 13.4. The Morgan fingerprint density at radius 2 is 0.883 bits per heavy atom. The highest BCUT2D eigenvalue weighted by molar-refractivity contribution is 7.20. The molecule has 2 nitrogen and oxygen atoms in total. The molecular formula is C57H42N2Si. The molecule has 0 N–H and O–H groups in total. The molecule has 0 saturated carbocycles. The number of rotatable bonds is 6. The number of benzene rings is 9. The molecule has 0 unspecified atom stereocenters. The van der Waals surface area contributed by atoms with Crippen LogP contribution in [-0.4, -0.2) is 17.2 Å². The molecular weight excluding hydrogens is 741 g/mol. The van der Waals surface area contributed by atoms with Crippen LogP contribution in [-0.2, 0) is 5.41 Å². The van der Waals surface area contributed by atoms with E-state index in [4.69, 9.17) is 0 Å². The summed E-state index contributed by atoms with van der Waals surface area (Å²) in [5.74, 6) is 0. The van der Waals surface area contributed by atoms with Gasteiger partial charge in [0.05, 0.1) is 22.1 Å². The largest absolute Gasteiger partial charge is 0.309 e. The summed E-state index contributed by atoms with van der Waals surface area (Å²) in [5, 5.41) is 10.6. The molecule has 0 amide bonds. The van der Waals surface area contributed by atoms with Gasteiger partial charge in [-0.1, -0.05) is 184 Å². The Labute approximate surface area is 351 Å². The Morgan fingerprint density at radius 3 is 1.62 bits per heavy atom. The van der Waals surface area contributed by atoms with Gasteiger partial charge in [-0.2, -0.15) is 0 Å². The Hall–Kier alpha value is -7.20. The third kappa shape index (κ3) is 4.81. The Bertz CT molecular complexity index is 3410. The lowest BCUT2D eigenvalue weighted by Crippen LogP contribution is -2.74. The Morgan fingerprint density at radius 1 is 0.350 bits per heavy atom. The number of hydrogen-bond acceptors (Lipinski definition) is 0. The van der Waals surface area contributed by atoms with Crippen molar-refractivity contribution < 1.29 is 0 Å². The van der Waals surface area contributed by atoms with Gasteiger partial charge in [-0.15, -0.1) is 0 Å². The first-order valence-corrected chi connectivity index (χ1v) is 23.0. The first-order chi connectivity index (χ1) is 29.5. The van der Waals surface area contributed by atoms with Crippen LogP contribution in [0, 0.1) is 0 Å². The van der Waals surface area contributed by atoms with Crippen molar-refractivity contribution in [3.05, 3.63) is 230 Å². The van der Waals surface area contributed by atoms with Crippen LogP contribution in [0.3, 0.4) is 0 Å². The molecule has 0 saturated heterocycles. The van der Waals surface area contributed by atoms with Gasteiger partial charge in [0.2, 0.25) is 0 Å². The monoisotopic (exact) mass is 782 g/mol. The molecule has 2 aromatic heterocycles. The van der Waals surface area contributed by atoms with Gasteiger partial charge in [0, 0.05) is 38.3 Å². The lowest BCUT2D eigenvalue weighted by Gasteiger charge is -2.35. The Kier molecular flexibility index (Phi) is 7.63. The molecule has 60 heavy (non-hydrogen) atoms. The quantitative estimate of drug-likeness (QED) is 0.117. The Balaban J connectivity index is 1.16. The zero-order valence-corrected chi connectivity index (χ0v) is 34.7. The molecule has 0 fully saturated rings. The fourth-order valence-corrected chi connectivity index (χ4v) is 15.7. The van der Waals surface area contributed by atoms with E-state index < -0.39 is 8.07 Å². The smallest absolute Gasteiger partial charge is 0.179 e. The van der Waals surface area contributed by atoms with Crippen LogP contribution in [0.25, 0.3) is 66.1 Å². The minimum atomic E-state index is -2.98. The van der Waals surface area contributed by atoms with Crippen molar-refractivity contribution in [3.8, 4) is 22.5 Å². The van der Waals surface area contributed by atoms with Crippen molar-refractivity contribution in [1.82, 2.24) is 9.13 Å². The summed E-state index contributed by atoms with van der Waals surface area (Å²) in [6.07, 6.45) is 0. The average molecular weight is 783 g/mol. The summed E-state index contributed by atoms with van der Waals surface area (Å²) in [5.41, 5.74) is 12.6. The van der Waals surface area contributed by atoms with E-state index in [1.54, 1.807) is 0 Å². The number of fused-ring (bicyclic) bond motifs is 10. The van der Waals surface area contributed by atoms with Crippen molar-refractivity contribution in [1.29, 1.82) is 0 Å². The van der Waals surface area contributed by atoms with E-state index in [-0.39, 0.29) is 5.41 Å².